The molecule has 0 aromatic heterocycles. The number of thiocarbonyl (C=S) groups is 1. The Morgan fingerprint density at radius 2 is 2.24 bits per heavy atom. The van der Waals surface area contributed by atoms with Gasteiger partial charge in [0.05, 0.1) is 5.02 Å². The van der Waals surface area contributed by atoms with Crippen molar-refractivity contribution in [2.75, 3.05) is 5.32 Å². The summed E-state index contributed by atoms with van der Waals surface area (Å²) in [7, 11) is 0. The van der Waals surface area contributed by atoms with Gasteiger partial charge in [-0.1, -0.05) is 43.6 Å². The van der Waals surface area contributed by atoms with Crippen molar-refractivity contribution in [1.29, 1.82) is 0 Å². The molecule has 1 aromatic carbocycles. The van der Waals surface area contributed by atoms with Gasteiger partial charge in [-0.3, -0.25) is 0 Å². The minimum Gasteiger partial charge on any atom is -0.389 e. The molecule has 1 rings (SSSR count). The number of hydrogen-bond acceptors (Lipinski definition) is 2. The van der Waals surface area contributed by atoms with Crippen LogP contribution in [0.2, 0.25) is 5.02 Å². The van der Waals surface area contributed by atoms with Gasteiger partial charge in [-0.05, 0) is 31.5 Å². The average molecular weight is 271 g/mol. The second-order valence-electron chi connectivity index (χ2n) is 4.25. The Balaban J connectivity index is 2.67. The number of benzene rings is 1. The highest BCUT2D eigenvalue weighted by Gasteiger charge is 2.06. The molecule has 0 saturated carbocycles. The van der Waals surface area contributed by atoms with Crippen LogP contribution in [0.3, 0.4) is 0 Å². The normalized spacial score (nSPS) is 12.2. The molecule has 0 bridgehead atoms. The molecule has 4 heteroatoms. The van der Waals surface area contributed by atoms with Crippen LogP contribution in [0.4, 0.5) is 5.69 Å². The van der Waals surface area contributed by atoms with Crippen molar-refractivity contribution in [2.24, 2.45) is 5.73 Å². The molecule has 0 fully saturated rings. The lowest BCUT2D eigenvalue weighted by molar-refractivity contribution is 0.645. The van der Waals surface area contributed by atoms with Crippen LogP contribution < -0.4 is 11.1 Å². The number of halogens is 1. The smallest absolute Gasteiger partial charge is 0.105 e. The topological polar surface area (TPSA) is 38.0 Å². The zero-order valence-electron chi connectivity index (χ0n) is 10.3. The Labute approximate surface area is 114 Å². The summed E-state index contributed by atoms with van der Waals surface area (Å²) >= 11 is 11.0. The van der Waals surface area contributed by atoms with Gasteiger partial charge in [-0.2, -0.15) is 0 Å². The van der Waals surface area contributed by atoms with Gasteiger partial charge in [0.25, 0.3) is 0 Å². The Kier molecular flexibility index (Phi) is 5.72. The van der Waals surface area contributed by atoms with Crippen molar-refractivity contribution in [3.8, 4) is 0 Å². The Morgan fingerprint density at radius 1 is 1.53 bits per heavy atom. The molecule has 0 radical (unpaired) electrons. The zero-order valence-corrected chi connectivity index (χ0v) is 11.9. The van der Waals surface area contributed by atoms with E-state index in [1.165, 1.54) is 12.8 Å². The maximum Gasteiger partial charge on any atom is 0.105 e. The van der Waals surface area contributed by atoms with Gasteiger partial charge in [-0.15, -0.1) is 0 Å². The minimum atomic E-state index is 0.334. The summed E-state index contributed by atoms with van der Waals surface area (Å²) < 4.78 is 0. The van der Waals surface area contributed by atoms with Crippen LogP contribution >= 0.6 is 23.8 Å². The van der Waals surface area contributed by atoms with Crippen molar-refractivity contribution in [2.45, 2.75) is 39.2 Å². The van der Waals surface area contributed by atoms with E-state index in [0.717, 1.165) is 17.7 Å². The van der Waals surface area contributed by atoms with Gasteiger partial charge in [0.2, 0.25) is 0 Å². The molecule has 2 nitrogen and oxygen atoms in total. The van der Waals surface area contributed by atoms with Crippen molar-refractivity contribution in [3.63, 3.8) is 0 Å². The summed E-state index contributed by atoms with van der Waals surface area (Å²) in [5, 5.41) is 4.02. The zero-order chi connectivity index (χ0) is 12.8. The first-order valence-electron chi connectivity index (χ1n) is 5.90. The lowest BCUT2D eigenvalue weighted by atomic mass is 10.1. The lowest BCUT2D eigenvalue weighted by Crippen LogP contribution is -2.15. The first-order valence-corrected chi connectivity index (χ1v) is 6.69. The van der Waals surface area contributed by atoms with Crippen molar-refractivity contribution in [3.05, 3.63) is 28.8 Å². The third-order valence-electron chi connectivity index (χ3n) is 2.64. The number of unbranched alkanes of at least 4 members (excludes halogenated alkanes) is 1. The summed E-state index contributed by atoms with van der Waals surface area (Å²) in [6, 6.07) is 6.14. The van der Waals surface area contributed by atoms with Gasteiger partial charge < -0.3 is 11.1 Å². The Bertz CT molecular complexity index is 393. The SMILES string of the molecule is CCCCC(C)Nc1ccc(C(N)=S)c(Cl)c1. The molecule has 1 atom stereocenters. The molecule has 0 amide bonds. The summed E-state index contributed by atoms with van der Waals surface area (Å²) in [5.74, 6) is 0. The van der Waals surface area contributed by atoms with Crippen molar-refractivity contribution in [1.82, 2.24) is 0 Å². The average Bonchev–Trinajstić information content (AvgIpc) is 2.26. The minimum absolute atomic E-state index is 0.334. The molecule has 0 heterocycles. The third kappa shape index (κ3) is 4.52. The van der Waals surface area contributed by atoms with Crippen molar-refractivity contribution < 1.29 is 0 Å². The molecule has 94 valence electrons. The van der Waals surface area contributed by atoms with E-state index >= 15 is 0 Å². The van der Waals surface area contributed by atoms with Crippen LogP contribution in [0.15, 0.2) is 18.2 Å². The second kappa shape index (κ2) is 6.82. The third-order valence-corrected chi connectivity index (χ3v) is 3.17. The predicted molar refractivity (Wildman–Crippen MR) is 79.9 cm³/mol. The number of nitrogens with one attached hydrogen (secondary N) is 1. The molecule has 17 heavy (non-hydrogen) atoms. The molecule has 1 aromatic rings. The summed E-state index contributed by atoms with van der Waals surface area (Å²) in [5.41, 5.74) is 7.30. The molecule has 0 aliphatic heterocycles. The highest BCUT2D eigenvalue weighted by molar-refractivity contribution is 7.80. The summed E-state index contributed by atoms with van der Waals surface area (Å²) in [4.78, 5) is 0.334. The van der Waals surface area contributed by atoms with E-state index in [4.69, 9.17) is 29.6 Å². The van der Waals surface area contributed by atoms with E-state index in [0.29, 0.717) is 16.1 Å². The van der Waals surface area contributed by atoms with E-state index in [-0.39, 0.29) is 0 Å². The number of anilines is 1. The van der Waals surface area contributed by atoms with Gasteiger partial charge in [0.1, 0.15) is 4.99 Å². The fraction of sp³-hybridized carbons (Fsp3) is 0.462. The monoisotopic (exact) mass is 270 g/mol. The van der Waals surface area contributed by atoms with E-state index in [9.17, 15) is 0 Å². The Hall–Kier alpha value is -0.800. The lowest BCUT2D eigenvalue weighted by Gasteiger charge is -2.15. The van der Waals surface area contributed by atoms with Crippen LogP contribution in [0, 0.1) is 0 Å². The van der Waals surface area contributed by atoms with Crippen LogP contribution in [0.5, 0.6) is 0 Å². The molecule has 3 N–H and O–H groups in total. The number of nitrogens with two attached hydrogens (primary N) is 1. The fourth-order valence-electron chi connectivity index (χ4n) is 1.67. The van der Waals surface area contributed by atoms with Crippen LogP contribution in [0.1, 0.15) is 38.7 Å². The van der Waals surface area contributed by atoms with E-state index in [1.54, 1.807) is 0 Å². The largest absolute Gasteiger partial charge is 0.389 e. The number of hydrogen-bond donors (Lipinski definition) is 2. The molecule has 0 saturated heterocycles. The molecule has 1 unspecified atom stereocenters. The van der Waals surface area contributed by atoms with E-state index in [2.05, 4.69) is 19.2 Å². The standard InChI is InChI=1S/C13H19ClN2S/c1-3-4-5-9(2)16-10-6-7-11(13(15)17)12(14)8-10/h6-9,16H,3-5H2,1-2H3,(H2,15,17). The molecule has 0 aliphatic carbocycles. The predicted octanol–water partition coefficient (Wildman–Crippen LogP) is 3.96. The van der Waals surface area contributed by atoms with E-state index < -0.39 is 0 Å². The van der Waals surface area contributed by atoms with E-state index in [1.807, 2.05) is 18.2 Å². The first kappa shape index (κ1) is 14.3. The number of rotatable bonds is 6. The molecule has 0 aliphatic rings. The quantitative estimate of drug-likeness (QED) is 0.769. The summed E-state index contributed by atoms with van der Waals surface area (Å²) in [6.07, 6.45) is 3.60. The fourth-order valence-corrected chi connectivity index (χ4v) is 2.19. The van der Waals surface area contributed by atoms with Crippen LogP contribution in [-0.2, 0) is 0 Å². The first-order chi connectivity index (χ1) is 8.04. The maximum absolute atomic E-state index is 6.10. The maximum atomic E-state index is 6.10. The van der Waals surface area contributed by atoms with Gasteiger partial charge >= 0.3 is 0 Å². The molecular weight excluding hydrogens is 252 g/mol. The van der Waals surface area contributed by atoms with Crippen LogP contribution in [0.25, 0.3) is 0 Å². The molecular formula is C13H19ClN2S. The van der Waals surface area contributed by atoms with Gasteiger partial charge in [-0.25, -0.2) is 0 Å². The molecule has 0 spiro atoms. The second-order valence-corrected chi connectivity index (χ2v) is 5.09. The van der Waals surface area contributed by atoms with Crippen molar-refractivity contribution >= 4 is 34.5 Å². The van der Waals surface area contributed by atoms with Gasteiger partial charge in [0, 0.05) is 17.3 Å². The van der Waals surface area contributed by atoms with Crippen LogP contribution in [-0.4, -0.2) is 11.0 Å². The highest BCUT2D eigenvalue weighted by atomic mass is 35.5. The highest BCUT2D eigenvalue weighted by Crippen LogP contribution is 2.22. The summed E-state index contributed by atoms with van der Waals surface area (Å²) in [6.45, 7) is 4.37. The Morgan fingerprint density at radius 3 is 2.76 bits per heavy atom. The van der Waals surface area contributed by atoms with Gasteiger partial charge in [0.15, 0.2) is 0 Å².